The van der Waals surface area contributed by atoms with E-state index in [0.29, 0.717) is 13.0 Å². The largest absolute Gasteiger partial charge is 0.462 e. The van der Waals surface area contributed by atoms with Crippen molar-refractivity contribution in [3.8, 4) is 0 Å². The third-order valence-electron chi connectivity index (χ3n) is 11.0. The minimum absolute atomic E-state index is 0.0452. The molecule has 0 N–H and O–H groups in total. The van der Waals surface area contributed by atoms with Gasteiger partial charge in [0.1, 0.15) is 6.10 Å². The van der Waals surface area contributed by atoms with E-state index in [-0.39, 0.29) is 58.1 Å². The molecule has 0 amide bonds. The Hall–Kier alpha value is -1.75. The molecule has 0 aromatic rings. The lowest BCUT2D eigenvalue weighted by Crippen LogP contribution is -2.64. The zero-order chi connectivity index (χ0) is 24.7. The van der Waals surface area contributed by atoms with Crippen LogP contribution < -0.4 is 0 Å². The van der Waals surface area contributed by atoms with Crippen LogP contribution in [0.5, 0.6) is 0 Å². The van der Waals surface area contributed by atoms with Crippen LogP contribution in [0.1, 0.15) is 73.6 Å². The molecule has 4 unspecified atom stereocenters. The first kappa shape index (κ1) is 24.0. The van der Waals surface area contributed by atoms with Crippen LogP contribution in [0.2, 0.25) is 0 Å². The molecule has 186 valence electrons. The lowest BCUT2D eigenvalue weighted by molar-refractivity contribution is -0.189. The lowest BCUT2D eigenvalue weighted by Gasteiger charge is -2.66. The molecule has 5 aliphatic rings. The number of allylic oxidation sites excluding steroid dienone is 3. The molecule has 34 heavy (non-hydrogen) atoms. The Kier molecular flexibility index (Phi) is 5.37. The zero-order valence-corrected chi connectivity index (χ0v) is 21.6. The second kappa shape index (κ2) is 7.62. The maximum Gasteiger partial charge on any atom is 0.302 e. The highest BCUT2D eigenvalue weighted by atomic mass is 16.5. The highest BCUT2D eigenvalue weighted by Crippen LogP contribution is 2.72. The summed E-state index contributed by atoms with van der Waals surface area (Å²) in [7, 11) is 0. The Morgan fingerprint density at radius 1 is 1.15 bits per heavy atom. The monoisotopic (exact) mass is 468 g/mol. The number of fused-ring (bicyclic) bond motifs is 5. The first-order valence-corrected chi connectivity index (χ1v) is 13.2. The maximum absolute atomic E-state index is 13.6. The fourth-order valence-electron chi connectivity index (χ4n) is 9.40. The molecule has 8 atom stereocenters. The van der Waals surface area contributed by atoms with E-state index in [9.17, 15) is 14.4 Å². The summed E-state index contributed by atoms with van der Waals surface area (Å²) < 4.78 is 11.9. The van der Waals surface area contributed by atoms with Crippen molar-refractivity contribution in [2.45, 2.75) is 79.8 Å². The minimum atomic E-state index is -0.522. The Bertz CT molecular complexity index is 984. The molecule has 0 radical (unpaired) electrons. The number of carbonyl (C=O) groups is 3. The van der Waals surface area contributed by atoms with Gasteiger partial charge >= 0.3 is 5.97 Å². The van der Waals surface area contributed by atoms with Gasteiger partial charge in [-0.05, 0) is 73.0 Å². The number of hydrogen-bond donors (Lipinski definition) is 0. The van der Waals surface area contributed by atoms with Gasteiger partial charge in [-0.15, -0.1) is 0 Å². The summed E-state index contributed by atoms with van der Waals surface area (Å²) in [6.07, 6.45) is 9.92. The first-order chi connectivity index (χ1) is 15.9. The molecular formula is C29H40O5. The van der Waals surface area contributed by atoms with Crippen LogP contribution in [0.3, 0.4) is 0 Å². The summed E-state index contributed by atoms with van der Waals surface area (Å²) in [4.78, 5) is 38.9. The maximum atomic E-state index is 13.6. The summed E-state index contributed by atoms with van der Waals surface area (Å²) in [5, 5.41) is 0. The van der Waals surface area contributed by atoms with Gasteiger partial charge in [0.15, 0.2) is 11.6 Å². The quantitative estimate of drug-likeness (QED) is 0.540. The predicted octanol–water partition coefficient (Wildman–Crippen LogP) is 5.08. The van der Waals surface area contributed by atoms with E-state index in [1.807, 2.05) is 19.9 Å². The van der Waals surface area contributed by atoms with Crippen LogP contribution in [-0.4, -0.2) is 36.9 Å². The number of ketones is 2. The average molecular weight is 469 g/mol. The Morgan fingerprint density at radius 3 is 2.50 bits per heavy atom. The minimum Gasteiger partial charge on any atom is -0.462 e. The highest BCUT2D eigenvalue weighted by molar-refractivity contribution is 5.98. The van der Waals surface area contributed by atoms with Gasteiger partial charge in [0.25, 0.3) is 0 Å². The second-order valence-electron chi connectivity index (χ2n) is 12.6. The lowest BCUT2D eigenvalue weighted by atomic mass is 9.38. The Morgan fingerprint density at radius 2 is 1.88 bits per heavy atom. The van der Waals surface area contributed by atoms with E-state index in [2.05, 4.69) is 26.8 Å². The fourth-order valence-corrected chi connectivity index (χ4v) is 9.40. The molecule has 0 aromatic carbocycles. The SMILES string of the molecule is CC[C@@]12CCC3[C@@]4(C)C=CC(=O)C(C)(C)C4C[C@@H](OC(C)=O)[C@@]3(C)C1=CC(=O)C2C1CCOC1. The van der Waals surface area contributed by atoms with Crippen molar-refractivity contribution >= 4 is 17.5 Å². The van der Waals surface area contributed by atoms with E-state index in [1.54, 1.807) is 6.08 Å². The van der Waals surface area contributed by atoms with Crippen LogP contribution in [0.25, 0.3) is 0 Å². The molecule has 0 bridgehead atoms. The fraction of sp³-hybridized carbons (Fsp3) is 0.759. The molecule has 0 spiro atoms. The number of esters is 1. The van der Waals surface area contributed by atoms with Crippen molar-refractivity contribution in [2.24, 2.45) is 45.3 Å². The van der Waals surface area contributed by atoms with E-state index in [0.717, 1.165) is 32.3 Å². The van der Waals surface area contributed by atoms with Crippen LogP contribution in [0, 0.1) is 45.3 Å². The number of carbonyl (C=O) groups excluding carboxylic acids is 3. The molecule has 4 aliphatic carbocycles. The van der Waals surface area contributed by atoms with Crippen molar-refractivity contribution in [3.63, 3.8) is 0 Å². The Balaban J connectivity index is 1.67. The van der Waals surface area contributed by atoms with Gasteiger partial charge in [-0.1, -0.05) is 40.7 Å². The van der Waals surface area contributed by atoms with Crippen molar-refractivity contribution < 1.29 is 23.9 Å². The second-order valence-corrected chi connectivity index (χ2v) is 12.6. The summed E-state index contributed by atoms with van der Waals surface area (Å²) in [5.74, 6) is 0.563. The van der Waals surface area contributed by atoms with Crippen LogP contribution in [0.15, 0.2) is 23.8 Å². The van der Waals surface area contributed by atoms with Gasteiger partial charge < -0.3 is 9.47 Å². The van der Waals surface area contributed by atoms with Gasteiger partial charge in [-0.25, -0.2) is 0 Å². The molecule has 1 saturated heterocycles. The molecule has 3 fully saturated rings. The Labute approximate surface area is 203 Å². The smallest absolute Gasteiger partial charge is 0.302 e. The van der Waals surface area contributed by atoms with E-state index in [1.165, 1.54) is 12.5 Å². The number of ether oxygens (including phenoxy) is 2. The van der Waals surface area contributed by atoms with Gasteiger partial charge in [0.2, 0.25) is 0 Å². The summed E-state index contributed by atoms with van der Waals surface area (Å²) >= 11 is 0. The normalized spacial score (nSPS) is 47.0. The third-order valence-corrected chi connectivity index (χ3v) is 11.0. The van der Waals surface area contributed by atoms with Crippen LogP contribution in [-0.2, 0) is 23.9 Å². The molecule has 1 heterocycles. The van der Waals surface area contributed by atoms with Crippen LogP contribution in [0.4, 0.5) is 0 Å². The third kappa shape index (κ3) is 2.91. The number of rotatable bonds is 3. The molecule has 5 heteroatoms. The molecule has 0 aromatic heterocycles. The molecule has 5 rings (SSSR count). The molecule has 2 saturated carbocycles. The topological polar surface area (TPSA) is 69.7 Å². The van der Waals surface area contributed by atoms with Crippen molar-refractivity contribution in [3.05, 3.63) is 23.8 Å². The van der Waals surface area contributed by atoms with E-state index in [4.69, 9.17) is 9.47 Å². The molecule has 5 nitrogen and oxygen atoms in total. The van der Waals surface area contributed by atoms with E-state index < -0.39 is 10.8 Å². The van der Waals surface area contributed by atoms with Gasteiger partial charge in [-0.3, -0.25) is 14.4 Å². The van der Waals surface area contributed by atoms with Crippen molar-refractivity contribution in [1.82, 2.24) is 0 Å². The van der Waals surface area contributed by atoms with E-state index >= 15 is 0 Å². The molecular weight excluding hydrogens is 428 g/mol. The summed E-state index contributed by atoms with van der Waals surface area (Å²) in [5.41, 5.74) is -0.176. The van der Waals surface area contributed by atoms with Gasteiger partial charge in [0, 0.05) is 35.7 Å². The van der Waals surface area contributed by atoms with Crippen molar-refractivity contribution in [1.29, 1.82) is 0 Å². The summed E-state index contributed by atoms with van der Waals surface area (Å²) in [6, 6.07) is 0. The number of hydrogen-bond acceptors (Lipinski definition) is 5. The van der Waals surface area contributed by atoms with Gasteiger partial charge in [0.05, 0.1) is 6.61 Å². The standard InChI is InChI=1S/C29H40O5/c1-7-29-12-8-20-27(5)11-9-23(32)26(3,4)21(27)15-24(34-17(2)30)28(20,6)22(29)14-19(31)25(29)18-10-13-33-16-18/h9,11,14,18,20-21,24-25H,7-8,10,12-13,15-16H2,1-6H3/t18?,20?,21?,24-,25?,27-,28-,29-/m1/s1. The molecule has 1 aliphatic heterocycles. The highest BCUT2D eigenvalue weighted by Gasteiger charge is 2.70. The first-order valence-electron chi connectivity index (χ1n) is 13.2. The van der Waals surface area contributed by atoms with Crippen molar-refractivity contribution in [2.75, 3.05) is 13.2 Å². The van der Waals surface area contributed by atoms with Crippen LogP contribution >= 0.6 is 0 Å². The zero-order valence-electron chi connectivity index (χ0n) is 21.6. The predicted molar refractivity (Wildman–Crippen MR) is 129 cm³/mol. The van der Waals surface area contributed by atoms with Gasteiger partial charge in [-0.2, -0.15) is 0 Å². The summed E-state index contributed by atoms with van der Waals surface area (Å²) in [6.45, 7) is 13.7. The average Bonchev–Trinajstić information content (AvgIpc) is 3.38.